The first-order chi connectivity index (χ1) is 7.29. The summed E-state index contributed by atoms with van der Waals surface area (Å²) < 4.78 is 0. The zero-order chi connectivity index (χ0) is 10.7. The van der Waals surface area contributed by atoms with Crippen LogP contribution in [0.3, 0.4) is 0 Å². The number of carbonyl (C=O) groups excluding carboxylic acids is 1. The molecule has 0 fully saturated rings. The minimum absolute atomic E-state index is 0.376. The van der Waals surface area contributed by atoms with Crippen LogP contribution in [0.15, 0.2) is 30.6 Å². The van der Waals surface area contributed by atoms with Gasteiger partial charge in [-0.2, -0.15) is 0 Å². The Morgan fingerprint density at radius 1 is 1.20 bits per heavy atom. The maximum absolute atomic E-state index is 10.5. The van der Waals surface area contributed by atoms with Crippen molar-refractivity contribution in [2.45, 2.75) is 6.92 Å². The lowest BCUT2D eigenvalue weighted by Gasteiger charge is -1.99. The normalized spacial score (nSPS) is 9.93. The van der Waals surface area contributed by atoms with Gasteiger partial charge in [0.25, 0.3) is 0 Å². The summed E-state index contributed by atoms with van der Waals surface area (Å²) in [5.41, 5.74) is 2.12. The van der Waals surface area contributed by atoms with Crippen molar-refractivity contribution in [3.05, 3.63) is 42.0 Å². The number of aromatic nitrogens is 3. The molecular formula is C11H9N3O. The van der Waals surface area contributed by atoms with E-state index >= 15 is 0 Å². The highest BCUT2D eigenvalue weighted by atomic mass is 16.1. The zero-order valence-corrected chi connectivity index (χ0v) is 8.21. The summed E-state index contributed by atoms with van der Waals surface area (Å²) in [5, 5.41) is 0. The summed E-state index contributed by atoms with van der Waals surface area (Å²) in [6.07, 6.45) is 3.96. The first-order valence-electron chi connectivity index (χ1n) is 4.51. The van der Waals surface area contributed by atoms with Gasteiger partial charge in [-0.3, -0.25) is 9.78 Å². The summed E-state index contributed by atoms with van der Waals surface area (Å²) in [5.74, 6) is 0.520. The van der Waals surface area contributed by atoms with Crippen LogP contribution in [0.1, 0.15) is 16.2 Å². The minimum Gasteiger partial charge on any atom is -0.296 e. The van der Waals surface area contributed by atoms with Crippen LogP contribution < -0.4 is 0 Å². The molecule has 0 saturated carbocycles. The molecule has 0 aromatic carbocycles. The average molecular weight is 199 g/mol. The van der Waals surface area contributed by atoms with Crippen molar-refractivity contribution in [2.24, 2.45) is 0 Å². The Kier molecular flexibility index (Phi) is 2.49. The quantitative estimate of drug-likeness (QED) is 0.690. The maximum Gasteiger partial charge on any atom is 0.168 e. The lowest BCUT2D eigenvalue weighted by Crippen LogP contribution is -1.94. The predicted octanol–water partition coefficient (Wildman–Crippen LogP) is 1.66. The highest BCUT2D eigenvalue weighted by Crippen LogP contribution is 2.12. The SMILES string of the molecule is Cc1ccc(-c2nccc(C=O)n2)cn1. The maximum atomic E-state index is 10.5. The second-order valence-electron chi connectivity index (χ2n) is 3.11. The Balaban J connectivity index is 2.44. The van der Waals surface area contributed by atoms with Crippen LogP contribution >= 0.6 is 0 Å². The van der Waals surface area contributed by atoms with Crippen LogP contribution in [0.2, 0.25) is 0 Å². The van der Waals surface area contributed by atoms with E-state index in [-0.39, 0.29) is 0 Å². The van der Waals surface area contributed by atoms with Crippen molar-refractivity contribution >= 4 is 6.29 Å². The third kappa shape index (κ3) is 2.04. The van der Waals surface area contributed by atoms with Gasteiger partial charge in [0.2, 0.25) is 0 Å². The molecule has 0 spiro atoms. The van der Waals surface area contributed by atoms with Gasteiger partial charge in [0, 0.05) is 23.7 Å². The molecule has 0 aliphatic rings. The highest BCUT2D eigenvalue weighted by molar-refractivity contribution is 5.72. The van der Waals surface area contributed by atoms with Crippen molar-refractivity contribution in [2.75, 3.05) is 0 Å². The van der Waals surface area contributed by atoms with Crippen LogP contribution in [-0.4, -0.2) is 21.2 Å². The number of hydrogen-bond donors (Lipinski definition) is 0. The second kappa shape index (κ2) is 3.96. The lowest BCUT2D eigenvalue weighted by molar-refractivity contribution is 0.111. The number of hydrogen-bond acceptors (Lipinski definition) is 4. The molecule has 4 heteroatoms. The van der Waals surface area contributed by atoms with Gasteiger partial charge in [-0.05, 0) is 25.1 Å². The highest BCUT2D eigenvalue weighted by Gasteiger charge is 2.01. The summed E-state index contributed by atoms with van der Waals surface area (Å²) in [6.45, 7) is 1.91. The summed E-state index contributed by atoms with van der Waals surface area (Å²) in [4.78, 5) is 22.8. The molecule has 0 bridgehead atoms. The van der Waals surface area contributed by atoms with E-state index < -0.39 is 0 Å². The van der Waals surface area contributed by atoms with E-state index in [0.29, 0.717) is 17.8 Å². The third-order valence-electron chi connectivity index (χ3n) is 1.97. The van der Waals surface area contributed by atoms with Crippen molar-refractivity contribution in [1.29, 1.82) is 0 Å². The number of aldehydes is 1. The molecule has 2 aromatic rings. The fourth-order valence-corrected chi connectivity index (χ4v) is 1.18. The topological polar surface area (TPSA) is 55.7 Å². The van der Waals surface area contributed by atoms with E-state index in [4.69, 9.17) is 0 Å². The minimum atomic E-state index is 0.376. The molecule has 0 aliphatic carbocycles. The molecule has 0 atom stereocenters. The van der Waals surface area contributed by atoms with Crippen LogP contribution in [0, 0.1) is 6.92 Å². The van der Waals surface area contributed by atoms with E-state index in [0.717, 1.165) is 11.3 Å². The van der Waals surface area contributed by atoms with Gasteiger partial charge in [-0.1, -0.05) is 0 Å². The van der Waals surface area contributed by atoms with E-state index in [1.54, 1.807) is 18.5 Å². The fourth-order valence-electron chi connectivity index (χ4n) is 1.18. The Hall–Kier alpha value is -2.10. The predicted molar refractivity (Wildman–Crippen MR) is 55.4 cm³/mol. The standard InChI is InChI=1S/C11H9N3O/c1-8-2-3-9(6-13-8)11-12-5-4-10(7-15)14-11/h2-7H,1H3. The van der Waals surface area contributed by atoms with Gasteiger partial charge in [0.05, 0.1) is 0 Å². The van der Waals surface area contributed by atoms with Gasteiger partial charge >= 0.3 is 0 Å². The van der Waals surface area contributed by atoms with E-state index in [2.05, 4.69) is 15.0 Å². The van der Waals surface area contributed by atoms with Crippen molar-refractivity contribution < 1.29 is 4.79 Å². The second-order valence-corrected chi connectivity index (χ2v) is 3.11. The van der Waals surface area contributed by atoms with Crippen molar-refractivity contribution in [1.82, 2.24) is 15.0 Å². The van der Waals surface area contributed by atoms with Gasteiger partial charge in [0.1, 0.15) is 5.69 Å². The largest absolute Gasteiger partial charge is 0.296 e. The van der Waals surface area contributed by atoms with E-state index in [9.17, 15) is 4.79 Å². The summed E-state index contributed by atoms with van der Waals surface area (Å²) >= 11 is 0. The molecule has 0 saturated heterocycles. The molecule has 74 valence electrons. The first-order valence-corrected chi connectivity index (χ1v) is 4.51. The molecule has 0 unspecified atom stereocenters. The molecule has 0 radical (unpaired) electrons. The number of aryl methyl sites for hydroxylation is 1. The number of carbonyl (C=O) groups is 1. The first kappa shape index (κ1) is 9.45. The van der Waals surface area contributed by atoms with E-state index in [1.165, 1.54) is 0 Å². The molecule has 4 nitrogen and oxygen atoms in total. The van der Waals surface area contributed by atoms with Crippen LogP contribution in [-0.2, 0) is 0 Å². The number of nitrogens with zero attached hydrogens (tertiary/aromatic N) is 3. The molecule has 15 heavy (non-hydrogen) atoms. The van der Waals surface area contributed by atoms with Crippen LogP contribution in [0.25, 0.3) is 11.4 Å². The van der Waals surface area contributed by atoms with Crippen molar-refractivity contribution in [3.8, 4) is 11.4 Å². The smallest absolute Gasteiger partial charge is 0.168 e. The number of rotatable bonds is 2. The van der Waals surface area contributed by atoms with Gasteiger partial charge < -0.3 is 0 Å². The Bertz CT molecular complexity index is 479. The average Bonchev–Trinajstić information content (AvgIpc) is 2.30. The third-order valence-corrected chi connectivity index (χ3v) is 1.97. The molecular weight excluding hydrogens is 190 g/mol. The Morgan fingerprint density at radius 3 is 2.73 bits per heavy atom. The molecule has 0 aliphatic heterocycles. The lowest BCUT2D eigenvalue weighted by atomic mass is 10.2. The molecule has 2 aromatic heterocycles. The molecule has 0 N–H and O–H groups in total. The molecule has 2 heterocycles. The fraction of sp³-hybridized carbons (Fsp3) is 0.0909. The summed E-state index contributed by atoms with van der Waals surface area (Å²) in [7, 11) is 0. The molecule has 0 amide bonds. The van der Waals surface area contributed by atoms with E-state index in [1.807, 2.05) is 19.1 Å². The van der Waals surface area contributed by atoms with Crippen LogP contribution in [0.5, 0.6) is 0 Å². The Labute approximate surface area is 87.0 Å². The number of pyridine rings is 1. The molecule has 2 rings (SSSR count). The van der Waals surface area contributed by atoms with Crippen LogP contribution in [0.4, 0.5) is 0 Å². The van der Waals surface area contributed by atoms with Gasteiger partial charge in [-0.15, -0.1) is 0 Å². The summed E-state index contributed by atoms with van der Waals surface area (Å²) in [6, 6.07) is 5.33. The Morgan fingerprint density at radius 2 is 2.07 bits per heavy atom. The monoisotopic (exact) mass is 199 g/mol. The van der Waals surface area contributed by atoms with Crippen molar-refractivity contribution in [3.63, 3.8) is 0 Å². The van der Waals surface area contributed by atoms with Gasteiger partial charge in [0.15, 0.2) is 12.1 Å². The zero-order valence-electron chi connectivity index (χ0n) is 8.21. The van der Waals surface area contributed by atoms with Gasteiger partial charge in [-0.25, -0.2) is 9.97 Å².